The van der Waals surface area contributed by atoms with Crippen molar-refractivity contribution in [2.24, 2.45) is 10.1 Å². The van der Waals surface area contributed by atoms with Crippen molar-refractivity contribution in [1.29, 1.82) is 5.41 Å². The molecule has 164 valence electrons. The molecule has 1 amide bonds. The van der Waals surface area contributed by atoms with Gasteiger partial charge in [0.2, 0.25) is 5.17 Å². The van der Waals surface area contributed by atoms with Crippen LogP contribution in [0.2, 0.25) is 0 Å². The van der Waals surface area contributed by atoms with Crippen molar-refractivity contribution >= 4 is 55.7 Å². The number of nitrogens with one attached hydrogen (secondary N) is 1. The van der Waals surface area contributed by atoms with Gasteiger partial charge in [0.15, 0.2) is 17.3 Å². The highest BCUT2D eigenvalue weighted by Gasteiger charge is 2.36. The highest BCUT2D eigenvalue weighted by Crippen LogP contribution is 2.33. The highest BCUT2D eigenvalue weighted by atomic mass is 79.9. The molecule has 32 heavy (non-hydrogen) atoms. The molecule has 0 spiro atoms. The van der Waals surface area contributed by atoms with Crippen LogP contribution in [-0.4, -0.2) is 45.5 Å². The maximum absolute atomic E-state index is 12.7. The second-order valence-corrected chi connectivity index (χ2v) is 8.72. The van der Waals surface area contributed by atoms with Crippen LogP contribution in [0, 0.1) is 12.3 Å². The number of thioether (sulfide) groups is 1. The number of carbonyl (C=O) groups is 1. The lowest BCUT2D eigenvalue weighted by Crippen LogP contribution is -2.35. The van der Waals surface area contributed by atoms with Crippen LogP contribution in [0.25, 0.3) is 6.08 Å². The Bertz CT molecular complexity index is 1160. The van der Waals surface area contributed by atoms with Crippen molar-refractivity contribution in [2.75, 3.05) is 18.5 Å². The maximum Gasteiger partial charge on any atom is 0.283 e. The summed E-state index contributed by atoms with van der Waals surface area (Å²) in [5.41, 5.74) is 2.94. The molecule has 2 aliphatic rings. The average molecular weight is 513 g/mol. The summed E-state index contributed by atoms with van der Waals surface area (Å²) in [5.74, 6) is 0.735. The first kappa shape index (κ1) is 22.3. The van der Waals surface area contributed by atoms with Gasteiger partial charge in [-0.3, -0.25) is 10.2 Å². The van der Waals surface area contributed by atoms with Crippen LogP contribution in [0.4, 0.5) is 0 Å². The molecule has 9 heteroatoms. The first-order chi connectivity index (χ1) is 15.5. The van der Waals surface area contributed by atoms with E-state index in [0.717, 1.165) is 11.1 Å². The molecule has 0 unspecified atom stereocenters. The summed E-state index contributed by atoms with van der Waals surface area (Å²) in [6.07, 6.45) is 1.63. The van der Waals surface area contributed by atoms with E-state index in [1.54, 1.807) is 18.2 Å². The van der Waals surface area contributed by atoms with E-state index in [4.69, 9.17) is 14.9 Å². The van der Waals surface area contributed by atoms with Crippen LogP contribution in [-0.2, 0) is 4.79 Å². The minimum absolute atomic E-state index is 0.00723. The summed E-state index contributed by atoms with van der Waals surface area (Å²) >= 11 is 4.63. The van der Waals surface area contributed by atoms with Gasteiger partial charge >= 0.3 is 0 Å². The molecule has 2 aromatic carbocycles. The number of nitrogens with zero attached hydrogens (tertiary/aromatic N) is 3. The molecule has 0 atom stereocenters. The Morgan fingerprint density at radius 2 is 1.94 bits per heavy atom. The van der Waals surface area contributed by atoms with Gasteiger partial charge in [-0.05, 0) is 49.4 Å². The quantitative estimate of drug-likeness (QED) is 0.423. The Balaban J connectivity index is 1.63. The van der Waals surface area contributed by atoms with Crippen molar-refractivity contribution in [3.63, 3.8) is 0 Å². The minimum atomic E-state index is -0.466. The number of hydrazone groups is 1. The van der Waals surface area contributed by atoms with Crippen molar-refractivity contribution < 1.29 is 14.3 Å². The topological polar surface area (TPSA) is 87.3 Å². The fraction of sp³-hybridized carbons (Fsp3) is 0.217. The average Bonchev–Trinajstić information content (AvgIpc) is 3.21. The van der Waals surface area contributed by atoms with E-state index >= 15 is 0 Å². The third-order valence-electron chi connectivity index (χ3n) is 4.67. The van der Waals surface area contributed by atoms with E-state index in [9.17, 15) is 4.79 Å². The number of amidine groups is 2. The third-order valence-corrected chi connectivity index (χ3v) is 5.95. The molecule has 0 bridgehead atoms. The molecule has 0 saturated carbocycles. The number of hydrogen-bond acceptors (Lipinski definition) is 6. The largest absolute Gasteiger partial charge is 0.490 e. The number of halogens is 1. The summed E-state index contributed by atoms with van der Waals surface area (Å²) in [6.45, 7) is 4.90. The van der Waals surface area contributed by atoms with Gasteiger partial charge in [-0.2, -0.15) is 15.1 Å². The molecule has 2 heterocycles. The number of aliphatic imine (C=N–C) groups is 1. The van der Waals surface area contributed by atoms with Crippen LogP contribution >= 0.6 is 27.7 Å². The van der Waals surface area contributed by atoms with Crippen molar-refractivity contribution in [3.8, 4) is 11.5 Å². The van der Waals surface area contributed by atoms with Crippen molar-refractivity contribution in [2.45, 2.75) is 13.8 Å². The fourth-order valence-electron chi connectivity index (χ4n) is 3.12. The number of alkyl halides is 1. The van der Waals surface area contributed by atoms with E-state index in [-0.39, 0.29) is 11.4 Å². The Morgan fingerprint density at radius 3 is 2.66 bits per heavy atom. The molecule has 0 fully saturated rings. The standard InChI is InChI=1S/C23H21BrN4O3S/c1-3-30-19-13-15(6-9-18(19)31-11-10-24)12-17-20(25)28-23(26-21(17)29)32-22(27-28)16-7-4-14(2)5-8-16/h4-9,12-13,25H,3,10-11H2,1-2H3/b17-12-,25-20?. The number of benzene rings is 2. The summed E-state index contributed by atoms with van der Waals surface area (Å²) < 4.78 is 11.4. The number of ether oxygens (including phenoxy) is 2. The van der Waals surface area contributed by atoms with Gasteiger partial charge in [-0.1, -0.05) is 51.8 Å². The summed E-state index contributed by atoms with van der Waals surface area (Å²) in [5, 5.41) is 16.3. The number of carbonyl (C=O) groups excluding carboxylic acids is 1. The van der Waals surface area contributed by atoms with Gasteiger partial charge in [-0.15, -0.1) is 0 Å². The minimum Gasteiger partial charge on any atom is -0.490 e. The first-order valence-electron chi connectivity index (χ1n) is 10.0. The van der Waals surface area contributed by atoms with Crippen LogP contribution in [0.5, 0.6) is 11.5 Å². The Kier molecular flexibility index (Phi) is 6.76. The van der Waals surface area contributed by atoms with Gasteiger partial charge in [0.05, 0.1) is 18.8 Å². The normalized spacial score (nSPS) is 16.7. The second kappa shape index (κ2) is 9.70. The monoisotopic (exact) mass is 512 g/mol. The van der Waals surface area contributed by atoms with E-state index < -0.39 is 5.91 Å². The summed E-state index contributed by atoms with van der Waals surface area (Å²) in [4.78, 5) is 16.9. The van der Waals surface area contributed by atoms with Gasteiger partial charge < -0.3 is 9.47 Å². The molecule has 0 aromatic heterocycles. The number of fused-ring (bicyclic) bond motifs is 1. The number of hydrogen-bond donors (Lipinski definition) is 1. The molecule has 4 rings (SSSR count). The third kappa shape index (κ3) is 4.63. The van der Waals surface area contributed by atoms with Crippen LogP contribution in [0.15, 0.2) is 58.1 Å². The molecule has 0 radical (unpaired) electrons. The number of amides is 1. The fourth-order valence-corrected chi connectivity index (χ4v) is 4.18. The molecule has 7 nitrogen and oxygen atoms in total. The van der Waals surface area contributed by atoms with Gasteiger partial charge in [0.1, 0.15) is 5.04 Å². The van der Waals surface area contributed by atoms with Crippen molar-refractivity contribution in [1.82, 2.24) is 5.01 Å². The van der Waals surface area contributed by atoms with Crippen LogP contribution < -0.4 is 9.47 Å². The van der Waals surface area contributed by atoms with Crippen molar-refractivity contribution in [3.05, 3.63) is 64.7 Å². The molecule has 2 aliphatic heterocycles. The predicted molar refractivity (Wildman–Crippen MR) is 132 cm³/mol. The molecular weight excluding hydrogens is 492 g/mol. The Labute approximate surface area is 198 Å². The molecule has 0 saturated heterocycles. The Hall–Kier alpha value is -2.91. The molecule has 2 aromatic rings. The molecule has 1 N–H and O–H groups in total. The predicted octanol–water partition coefficient (Wildman–Crippen LogP) is 4.83. The smallest absolute Gasteiger partial charge is 0.283 e. The lowest BCUT2D eigenvalue weighted by atomic mass is 10.1. The first-order valence-corrected chi connectivity index (χ1v) is 12.0. The lowest BCUT2D eigenvalue weighted by molar-refractivity contribution is -0.114. The number of aryl methyl sites for hydroxylation is 1. The Morgan fingerprint density at radius 1 is 1.16 bits per heavy atom. The second-order valence-electron chi connectivity index (χ2n) is 6.97. The van der Waals surface area contributed by atoms with E-state index in [1.165, 1.54) is 16.8 Å². The zero-order valence-electron chi connectivity index (χ0n) is 17.6. The highest BCUT2D eigenvalue weighted by molar-refractivity contribution is 9.09. The van der Waals surface area contributed by atoms with E-state index in [1.807, 2.05) is 44.2 Å². The summed E-state index contributed by atoms with van der Waals surface area (Å²) in [7, 11) is 0. The zero-order chi connectivity index (χ0) is 22.7. The summed E-state index contributed by atoms with van der Waals surface area (Å²) in [6, 6.07) is 13.3. The molecule has 0 aliphatic carbocycles. The SMILES string of the molecule is CCOc1cc(/C=C2/C(=N)N3N=C(c4ccc(C)cc4)SC3=NC2=O)ccc1OCCBr. The van der Waals surface area contributed by atoms with Gasteiger partial charge in [0, 0.05) is 10.9 Å². The van der Waals surface area contributed by atoms with Crippen LogP contribution in [0.1, 0.15) is 23.6 Å². The zero-order valence-corrected chi connectivity index (χ0v) is 20.0. The number of rotatable bonds is 7. The maximum atomic E-state index is 12.7. The molecular formula is C23H21BrN4O3S. The van der Waals surface area contributed by atoms with E-state index in [0.29, 0.717) is 45.8 Å². The van der Waals surface area contributed by atoms with Gasteiger partial charge in [0.25, 0.3) is 5.91 Å². The van der Waals surface area contributed by atoms with Gasteiger partial charge in [-0.25, -0.2) is 0 Å². The lowest BCUT2D eigenvalue weighted by Gasteiger charge is -2.20. The van der Waals surface area contributed by atoms with Crippen LogP contribution in [0.3, 0.4) is 0 Å². The van der Waals surface area contributed by atoms with E-state index in [2.05, 4.69) is 26.0 Å².